The molecule has 2 aromatic heterocycles. The first kappa shape index (κ1) is 19.0. The number of rotatable bonds is 4. The highest BCUT2D eigenvalue weighted by Crippen LogP contribution is 2.34. The van der Waals surface area contributed by atoms with E-state index in [4.69, 9.17) is 9.15 Å². The van der Waals surface area contributed by atoms with Crippen LogP contribution in [0.5, 0.6) is 0 Å². The Morgan fingerprint density at radius 1 is 1.18 bits per heavy atom. The Labute approximate surface area is 162 Å². The first-order valence-electron chi connectivity index (χ1n) is 9.57. The summed E-state index contributed by atoms with van der Waals surface area (Å²) in [6, 6.07) is 6.67. The third kappa shape index (κ3) is 3.94. The highest BCUT2D eigenvalue weighted by Gasteiger charge is 2.38. The molecular weight excluding hydrogens is 365 g/mol. The molecule has 4 rings (SSSR count). The molecule has 0 atom stereocenters. The lowest BCUT2D eigenvalue weighted by molar-refractivity contribution is -0.0247. The van der Waals surface area contributed by atoms with E-state index in [1.54, 1.807) is 23.1 Å². The van der Waals surface area contributed by atoms with Gasteiger partial charge >= 0.3 is 0 Å². The van der Waals surface area contributed by atoms with E-state index in [9.17, 15) is 14.3 Å². The molecule has 2 aliphatic rings. The van der Waals surface area contributed by atoms with Crippen LogP contribution in [0.15, 0.2) is 34.9 Å². The third-order valence-corrected chi connectivity index (χ3v) is 5.49. The molecule has 0 saturated carbocycles. The fourth-order valence-electron chi connectivity index (χ4n) is 3.80. The van der Waals surface area contributed by atoms with Crippen LogP contribution in [0.1, 0.15) is 34.7 Å². The molecule has 1 amide bonds. The third-order valence-electron chi connectivity index (χ3n) is 5.49. The van der Waals surface area contributed by atoms with Crippen molar-refractivity contribution in [3.63, 3.8) is 0 Å². The molecule has 0 bridgehead atoms. The number of hydrogen-bond donors (Lipinski definition) is 1. The maximum Gasteiger partial charge on any atom is 0.289 e. The summed E-state index contributed by atoms with van der Waals surface area (Å²) in [5.74, 6) is 0.169. The largest absolute Gasteiger partial charge is 0.455 e. The average molecular weight is 389 g/mol. The van der Waals surface area contributed by atoms with Crippen LogP contribution in [-0.4, -0.2) is 65.2 Å². The van der Waals surface area contributed by atoms with Gasteiger partial charge < -0.3 is 19.2 Å². The van der Waals surface area contributed by atoms with E-state index in [2.05, 4.69) is 9.88 Å². The number of carbonyl (C=O) groups excluding carboxylic acids is 1. The van der Waals surface area contributed by atoms with E-state index in [1.165, 1.54) is 6.20 Å². The van der Waals surface area contributed by atoms with Gasteiger partial charge in [-0.05, 0) is 31.0 Å². The zero-order chi connectivity index (χ0) is 19.6. The van der Waals surface area contributed by atoms with Gasteiger partial charge in [-0.1, -0.05) is 6.07 Å². The maximum atomic E-state index is 14.0. The summed E-state index contributed by atoms with van der Waals surface area (Å²) >= 11 is 0. The summed E-state index contributed by atoms with van der Waals surface area (Å²) in [5, 5.41) is 10.8. The van der Waals surface area contributed by atoms with Crippen molar-refractivity contribution in [2.75, 3.05) is 39.4 Å². The Morgan fingerprint density at radius 3 is 2.64 bits per heavy atom. The van der Waals surface area contributed by atoms with Gasteiger partial charge in [-0.15, -0.1) is 0 Å². The van der Waals surface area contributed by atoms with Gasteiger partial charge in [0.2, 0.25) is 5.95 Å². The number of ether oxygens (including phenoxy) is 1. The summed E-state index contributed by atoms with van der Waals surface area (Å²) in [6.45, 7) is 4.41. The van der Waals surface area contributed by atoms with Gasteiger partial charge in [0.05, 0.1) is 25.4 Å². The van der Waals surface area contributed by atoms with E-state index >= 15 is 0 Å². The Bertz CT molecular complexity index is 826. The Kier molecular flexibility index (Phi) is 5.43. The van der Waals surface area contributed by atoms with Gasteiger partial charge in [-0.3, -0.25) is 9.69 Å². The highest BCUT2D eigenvalue weighted by molar-refractivity contribution is 5.91. The molecular formula is C20H24FN3O4. The Morgan fingerprint density at radius 2 is 1.93 bits per heavy atom. The molecule has 4 heterocycles. The Balaban J connectivity index is 1.37. The lowest BCUT2D eigenvalue weighted by Gasteiger charge is -2.38. The van der Waals surface area contributed by atoms with E-state index in [0.717, 1.165) is 18.8 Å². The van der Waals surface area contributed by atoms with Gasteiger partial charge in [0.25, 0.3) is 5.91 Å². The van der Waals surface area contributed by atoms with Crippen molar-refractivity contribution in [2.45, 2.75) is 25.0 Å². The fourth-order valence-corrected chi connectivity index (χ4v) is 3.80. The number of furan rings is 1. The van der Waals surface area contributed by atoms with Crippen molar-refractivity contribution in [3.05, 3.63) is 53.5 Å². The standard InChI is InChI=1S/C20H24FN3O4/c21-18-16(2-1-7-22-18)20(26)5-8-24(9-6-20)19(25)17-4-3-15(28-17)14-23-10-12-27-13-11-23/h1-4,7,26H,5-6,8-14H2. The minimum atomic E-state index is -1.31. The first-order chi connectivity index (χ1) is 13.5. The van der Waals surface area contributed by atoms with Crippen LogP contribution in [0.4, 0.5) is 4.39 Å². The molecule has 0 aliphatic carbocycles. The number of hydrogen-bond acceptors (Lipinski definition) is 6. The number of nitrogens with zero attached hydrogens (tertiary/aromatic N) is 3. The summed E-state index contributed by atoms with van der Waals surface area (Å²) < 4.78 is 25.0. The lowest BCUT2D eigenvalue weighted by Crippen LogP contribution is -2.45. The first-order valence-corrected chi connectivity index (χ1v) is 9.57. The van der Waals surface area contributed by atoms with Crippen molar-refractivity contribution < 1.29 is 23.4 Å². The van der Waals surface area contributed by atoms with Crippen LogP contribution in [-0.2, 0) is 16.9 Å². The van der Waals surface area contributed by atoms with Crippen molar-refractivity contribution in [1.82, 2.24) is 14.8 Å². The van der Waals surface area contributed by atoms with Crippen LogP contribution in [0.25, 0.3) is 0 Å². The smallest absolute Gasteiger partial charge is 0.289 e. The minimum absolute atomic E-state index is 0.188. The molecule has 28 heavy (non-hydrogen) atoms. The predicted octanol–water partition coefficient (Wildman–Crippen LogP) is 1.77. The molecule has 150 valence electrons. The van der Waals surface area contributed by atoms with E-state index < -0.39 is 11.5 Å². The van der Waals surface area contributed by atoms with Crippen molar-refractivity contribution in [2.24, 2.45) is 0 Å². The number of morpholine rings is 1. The molecule has 2 aliphatic heterocycles. The molecule has 2 saturated heterocycles. The molecule has 1 N–H and O–H groups in total. The van der Waals surface area contributed by atoms with Crippen molar-refractivity contribution in [3.8, 4) is 0 Å². The van der Waals surface area contributed by atoms with Crippen LogP contribution in [0.2, 0.25) is 0 Å². The summed E-state index contributed by atoms with van der Waals surface area (Å²) in [7, 11) is 0. The molecule has 2 fully saturated rings. The lowest BCUT2D eigenvalue weighted by atomic mass is 9.85. The summed E-state index contributed by atoms with van der Waals surface area (Å²) in [6.07, 6.45) is 1.86. The van der Waals surface area contributed by atoms with Crippen molar-refractivity contribution in [1.29, 1.82) is 0 Å². The molecule has 7 nitrogen and oxygen atoms in total. The summed E-state index contributed by atoms with van der Waals surface area (Å²) in [4.78, 5) is 20.2. The number of pyridine rings is 1. The monoisotopic (exact) mass is 389 g/mol. The van der Waals surface area contributed by atoms with Gasteiger partial charge in [0.1, 0.15) is 5.76 Å². The number of aliphatic hydroxyl groups is 1. The van der Waals surface area contributed by atoms with Crippen LogP contribution in [0.3, 0.4) is 0 Å². The molecule has 8 heteroatoms. The summed E-state index contributed by atoms with van der Waals surface area (Å²) in [5.41, 5.74) is -1.12. The molecule has 0 radical (unpaired) electrons. The topological polar surface area (TPSA) is 79.0 Å². The molecule has 0 spiro atoms. The van der Waals surface area contributed by atoms with E-state index in [0.29, 0.717) is 38.6 Å². The SMILES string of the molecule is O=C(c1ccc(CN2CCOCC2)o1)N1CCC(O)(c2cccnc2F)CC1. The maximum absolute atomic E-state index is 14.0. The number of aromatic nitrogens is 1. The second-order valence-electron chi connectivity index (χ2n) is 7.32. The van der Waals surface area contributed by atoms with E-state index in [1.807, 2.05) is 6.07 Å². The van der Waals surface area contributed by atoms with Gasteiger partial charge in [0.15, 0.2) is 5.76 Å². The van der Waals surface area contributed by atoms with E-state index in [-0.39, 0.29) is 24.3 Å². The highest BCUT2D eigenvalue weighted by atomic mass is 19.1. The van der Waals surface area contributed by atoms with Gasteiger partial charge in [0, 0.05) is 37.9 Å². The molecule has 0 unspecified atom stereocenters. The molecule has 0 aromatic carbocycles. The number of likely N-dealkylation sites (tertiary alicyclic amines) is 1. The zero-order valence-electron chi connectivity index (χ0n) is 15.6. The van der Waals surface area contributed by atoms with Crippen LogP contribution >= 0.6 is 0 Å². The second kappa shape index (κ2) is 7.98. The molecule has 2 aromatic rings. The zero-order valence-corrected chi connectivity index (χ0v) is 15.6. The minimum Gasteiger partial charge on any atom is -0.455 e. The number of carbonyl (C=O) groups is 1. The van der Waals surface area contributed by atoms with Gasteiger partial charge in [-0.25, -0.2) is 4.98 Å². The number of halogens is 1. The van der Waals surface area contributed by atoms with Crippen LogP contribution < -0.4 is 0 Å². The quantitative estimate of drug-likeness (QED) is 0.803. The number of piperidine rings is 1. The van der Waals surface area contributed by atoms with Crippen LogP contribution in [0, 0.1) is 5.95 Å². The predicted molar refractivity (Wildman–Crippen MR) is 98.0 cm³/mol. The fraction of sp³-hybridized carbons (Fsp3) is 0.500. The Hall–Kier alpha value is -2.29. The number of amides is 1. The second-order valence-corrected chi connectivity index (χ2v) is 7.32. The average Bonchev–Trinajstić information content (AvgIpc) is 3.17. The van der Waals surface area contributed by atoms with Crippen molar-refractivity contribution >= 4 is 5.91 Å². The van der Waals surface area contributed by atoms with Gasteiger partial charge in [-0.2, -0.15) is 4.39 Å². The normalized spacial score (nSPS) is 20.3.